The first-order chi connectivity index (χ1) is 15.3. The number of H-pyrrole nitrogens is 1. The van der Waals surface area contributed by atoms with Crippen LogP contribution in [0.15, 0.2) is 96.2 Å². The standard InChI is InChI=1S/C16H13N5S.C9H8/c1-2-4-15(5-3-1)22-11-13-10-21(20-18-13)14-6-7-16-12(8-14)9-17-19-16;1-2-6-9-7-4-3-5-8-9/h1-10H,11H2,(H,17,19);1,3-5,7-8H,6H2. The molecule has 31 heavy (non-hydrogen) atoms. The summed E-state index contributed by atoms with van der Waals surface area (Å²) in [5, 5.41) is 16.5. The van der Waals surface area contributed by atoms with Crippen LogP contribution in [0.2, 0.25) is 0 Å². The number of hydrogen-bond acceptors (Lipinski definition) is 4. The number of hydrogen-bond donors (Lipinski definition) is 1. The fourth-order valence-electron chi connectivity index (χ4n) is 2.95. The van der Waals surface area contributed by atoms with Gasteiger partial charge in [-0.1, -0.05) is 53.7 Å². The van der Waals surface area contributed by atoms with Gasteiger partial charge in [0.25, 0.3) is 0 Å². The van der Waals surface area contributed by atoms with E-state index >= 15 is 0 Å². The minimum absolute atomic E-state index is 0.737. The largest absolute Gasteiger partial charge is 0.278 e. The molecule has 1 N–H and O–H groups in total. The Morgan fingerprint density at radius 1 is 0.968 bits per heavy atom. The lowest BCUT2D eigenvalue weighted by molar-refractivity contribution is 0.801. The monoisotopic (exact) mass is 423 g/mol. The molecule has 152 valence electrons. The molecule has 2 heterocycles. The Balaban J connectivity index is 0.000000217. The molecule has 5 nitrogen and oxygen atoms in total. The second-order valence-electron chi connectivity index (χ2n) is 6.76. The van der Waals surface area contributed by atoms with Gasteiger partial charge in [-0.2, -0.15) is 5.10 Å². The Bertz CT molecular complexity index is 1270. The molecule has 0 unspecified atom stereocenters. The van der Waals surface area contributed by atoms with Gasteiger partial charge in [0.2, 0.25) is 0 Å². The summed E-state index contributed by atoms with van der Waals surface area (Å²) in [6, 6.07) is 26.4. The molecule has 0 saturated carbocycles. The normalized spacial score (nSPS) is 10.3. The lowest BCUT2D eigenvalue weighted by atomic mass is 10.2. The third-order valence-electron chi connectivity index (χ3n) is 4.51. The van der Waals surface area contributed by atoms with E-state index in [2.05, 4.69) is 38.6 Å². The summed E-state index contributed by atoms with van der Waals surface area (Å²) in [6.07, 6.45) is 9.62. The summed E-state index contributed by atoms with van der Waals surface area (Å²) in [5.74, 6) is 3.39. The lowest BCUT2D eigenvalue weighted by Crippen LogP contribution is -1.94. The van der Waals surface area contributed by atoms with E-state index in [4.69, 9.17) is 6.42 Å². The predicted molar refractivity (Wildman–Crippen MR) is 126 cm³/mol. The molecule has 5 rings (SSSR count). The number of thioether (sulfide) groups is 1. The van der Waals surface area contributed by atoms with Gasteiger partial charge in [-0.05, 0) is 35.9 Å². The SMILES string of the molecule is C#CCc1ccccc1.c1ccc(SCc2cn(-c3ccc4[nH]ncc4c3)nn2)cc1. The first-order valence-corrected chi connectivity index (χ1v) is 10.8. The molecule has 0 aliphatic carbocycles. The van der Waals surface area contributed by atoms with Crippen LogP contribution in [-0.4, -0.2) is 25.2 Å². The highest BCUT2D eigenvalue weighted by Crippen LogP contribution is 2.22. The van der Waals surface area contributed by atoms with E-state index in [1.807, 2.05) is 79.1 Å². The Hall–Kier alpha value is -3.82. The first-order valence-electron chi connectivity index (χ1n) is 9.82. The van der Waals surface area contributed by atoms with Crippen LogP contribution in [0.4, 0.5) is 0 Å². The minimum atomic E-state index is 0.737. The smallest absolute Gasteiger partial charge is 0.0934 e. The number of fused-ring (bicyclic) bond motifs is 1. The van der Waals surface area contributed by atoms with Crippen molar-refractivity contribution in [2.24, 2.45) is 0 Å². The highest BCUT2D eigenvalue weighted by Gasteiger charge is 2.05. The molecular weight excluding hydrogens is 402 g/mol. The summed E-state index contributed by atoms with van der Waals surface area (Å²) < 4.78 is 1.80. The fourth-order valence-corrected chi connectivity index (χ4v) is 3.75. The van der Waals surface area contributed by atoms with Gasteiger partial charge in [0.1, 0.15) is 0 Å². The van der Waals surface area contributed by atoms with Gasteiger partial charge in [0, 0.05) is 22.5 Å². The van der Waals surface area contributed by atoms with Crippen LogP contribution in [-0.2, 0) is 12.2 Å². The molecule has 0 fully saturated rings. The Morgan fingerprint density at radius 2 is 1.74 bits per heavy atom. The van der Waals surface area contributed by atoms with Crippen LogP contribution in [0.3, 0.4) is 0 Å². The molecule has 3 aromatic carbocycles. The van der Waals surface area contributed by atoms with Gasteiger partial charge < -0.3 is 0 Å². The molecular formula is C25H21N5S. The zero-order valence-corrected chi connectivity index (χ0v) is 17.7. The molecule has 0 saturated heterocycles. The lowest BCUT2D eigenvalue weighted by Gasteiger charge is -1.99. The van der Waals surface area contributed by atoms with Crippen LogP contribution in [0.1, 0.15) is 11.3 Å². The van der Waals surface area contributed by atoms with E-state index < -0.39 is 0 Å². The molecule has 0 bridgehead atoms. The summed E-state index contributed by atoms with van der Waals surface area (Å²) in [6.45, 7) is 0. The molecule has 0 aliphatic rings. The highest BCUT2D eigenvalue weighted by atomic mass is 32.2. The third kappa shape index (κ3) is 5.62. The molecule has 0 radical (unpaired) electrons. The topological polar surface area (TPSA) is 59.4 Å². The van der Waals surface area contributed by atoms with Crippen molar-refractivity contribution >= 4 is 22.7 Å². The van der Waals surface area contributed by atoms with Crippen molar-refractivity contribution in [2.45, 2.75) is 17.1 Å². The number of aromatic nitrogens is 5. The van der Waals surface area contributed by atoms with Crippen molar-refractivity contribution in [1.29, 1.82) is 0 Å². The van der Waals surface area contributed by atoms with E-state index in [1.165, 1.54) is 10.5 Å². The maximum absolute atomic E-state index is 5.11. The van der Waals surface area contributed by atoms with Crippen molar-refractivity contribution in [1.82, 2.24) is 25.2 Å². The van der Waals surface area contributed by atoms with Crippen molar-refractivity contribution < 1.29 is 0 Å². The minimum Gasteiger partial charge on any atom is -0.278 e. The number of nitrogens with zero attached hydrogens (tertiary/aromatic N) is 4. The van der Waals surface area contributed by atoms with Crippen molar-refractivity contribution in [2.75, 3.05) is 0 Å². The van der Waals surface area contributed by atoms with E-state index in [9.17, 15) is 0 Å². The average Bonchev–Trinajstić information content (AvgIpc) is 3.49. The van der Waals surface area contributed by atoms with E-state index in [-0.39, 0.29) is 0 Å². The van der Waals surface area contributed by atoms with Crippen LogP contribution in [0.25, 0.3) is 16.6 Å². The molecule has 0 aliphatic heterocycles. The van der Waals surface area contributed by atoms with Crippen LogP contribution in [0, 0.1) is 12.3 Å². The zero-order valence-electron chi connectivity index (χ0n) is 16.8. The van der Waals surface area contributed by atoms with E-state index in [0.717, 1.165) is 34.5 Å². The molecule has 0 spiro atoms. The molecule has 0 amide bonds. The maximum atomic E-state index is 5.11. The predicted octanol–water partition coefficient (Wildman–Crippen LogP) is 5.30. The van der Waals surface area contributed by atoms with Crippen LogP contribution >= 0.6 is 11.8 Å². The average molecular weight is 424 g/mol. The van der Waals surface area contributed by atoms with Crippen molar-refractivity contribution in [3.8, 4) is 18.0 Å². The number of aromatic amines is 1. The van der Waals surface area contributed by atoms with Gasteiger partial charge in [-0.3, -0.25) is 5.10 Å². The molecule has 2 aromatic heterocycles. The number of rotatable bonds is 5. The van der Waals surface area contributed by atoms with Crippen LogP contribution in [0.5, 0.6) is 0 Å². The van der Waals surface area contributed by atoms with E-state index in [1.54, 1.807) is 16.4 Å². The summed E-state index contributed by atoms with van der Waals surface area (Å²) >= 11 is 1.76. The van der Waals surface area contributed by atoms with Crippen molar-refractivity contribution in [3.63, 3.8) is 0 Å². The quantitative estimate of drug-likeness (QED) is 0.308. The van der Waals surface area contributed by atoms with Gasteiger partial charge in [-0.25, -0.2) is 4.68 Å². The van der Waals surface area contributed by atoms with Crippen molar-refractivity contribution in [3.05, 3.63) is 103 Å². The number of terminal acetylenes is 1. The maximum Gasteiger partial charge on any atom is 0.0934 e. The molecule has 6 heteroatoms. The zero-order chi connectivity index (χ0) is 21.3. The molecule has 5 aromatic rings. The van der Waals surface area contributed by atoms with Crippen LogP contribution < -0.4 is 0 Å². The fraction of sp³-hybridized carbons (Fsp3) is 0.0800. The highest BCUT2D eigenvalue weighted by molar-refractivity contribution is 7.98. The van der Waals surface area contributed by atoms with Gasteiger partial charge in [0.15, 0.2) is 0 Å². The number of nitrogens with one attached hydrogen (secondary N) is 1. The van der Waals surface area contributed by atoms with Gasteiger partial charge in [0.05, 0.1) is 29.3 Å². The second kappa shape index (κ2) is 10.3. The number of benzene rings is 3. The third-order valence-corrected chi connectivity index (χ3v) is 5.55. The summed E-state index contributed by atoms with van der Waals surface area (Å²) in [7, 11) is 0. The Kier molecular flexibility index (Phi) is 6.78. The van der Waals surface area contributed by atoms with Gasteiger partial charge in [-0.15, -0.1) is 29.2 Å². The summed E-state index contributed by atoms with van der Waals surface area (Å²) in [4.78, 5) is 1.23. The Labute approximate surface area is 185 Å². The summed E-state index contributed by atoms with van der Waals surface area (Å²) in [5.41, 5.74) is 4.17. The van der Waals surface area contributed by atoms with Gasteiger partial charge >= 0.3 is 0 Å². The second-order valence-corrected chi connectivity index (χ2v) is 7.81. The molecule has 0 atom stereocenters. The first kappa shape index (κ1) is 20.5. The van der Waals surface area contributed by atoms with E-state index in [0.29, 0.717) is 0 Å². The Morgan fingerprint density at radius 3 is 2.52 bits per heavy atom.